The van der Waals surface area contributed by atoms with Crippen molar-refractivity contribution in [3.8, 4) is 0 Å². The van der Waals surface area contributed by atoms with E-state index in [0.717, 1.165) is 25.5 Å². The first kappa shape index (κ1) is 20.3. The molecule has 0 heterocycles. The molecular formula is C21H23N3O5S. The van der Waals surface area contributed by atoms with E-state index in [9.17, 15) is 23.3 Å². The molecule has 2 aromatic carbocycles. The van der Waals surface area contributed by atoms with Crippen LogP contribution in [0.2, 0.25) is 0 Å². The number of anilines is 1. The maximum atomic E-state index is 12.9. The van der Waals surface area contributed by atoms with Crippen LogP contribution in [0.15, 0.2) is 47.4 Å². The number of nitrogens with one attached hydrogen (secondary N) is 1. The summed E-state index contributed by atoms with van der Waals surface area (Å²) in [5.74, 6) is 0.590. The first-order valence-corrected chi connectivity index (χ1v) is 11.4. The van der Waals surface area contributed by atoms with Crippen molar-refractivity contribution in [3.63, 3.8) is 0 Å². The summed E-state index contributed by atoms with van der Waals surface area (Å²) in [5.41, 5.74) is 0.939. The lowest BCUT2D eigenvalue weighted by Crippen LogP contribution is -2.34. The highest BCUT2D eigenvalue weighted by molar-refractivity contribution is 7.92. The van der Waals surface area contributed by atoms with Crippen LogP contribution >= 0.6 is 0 Å². The molecule has 1 N–H and O–H groups in total. The largest absolute Gasteiger partial charge is 0.335 e. The van der Waals surface area contributed by atoms with Crippen LogP contribution in [0.5, 0.6) is 0 Å². The van der Waals surface area contributed by atoms with Gasteiger partial charge in [0.2, 0.25) is 0 Å². The van der Waals surface area contributed by atoms with E-state index < -0.39 is 14.9 Å². The van der Waals surface area contributed by atoms with Crippen molar-refractivity contribution < 1.29 is 18.1 Å². The lowest BCUT2D eigenvalue weighted by Gasteiger charge is -2.22. The molecule has 0 aromatic heterocycles. The molecule has 0 saturated heterocycles. The Hall–Kier alpha value is -2.94. The van der Waals surface area contributed by atoms with Crippen molar-refractivity contribution in [1.82, 2.24) is 4.90 Å². The van der Waals surface area contributed by atoms with Gasteiger partial charge in [-0.05, 0) is 68.9 Å². The molecule has 8 nitrogen and oxygen atoms in total. The number of carbonyl (C=O) groups excluding carboxylic acids is 1. The van der Waals surface area contributed by atoms with Crippen LogP contribution in [0.4, 0.5) is 11.4 Å². The van der Waals surface area contributed by atoms with Gasteiger partial charge in [-0.3, -0.25) is 19.6 Å². The SMILES string of the molecule is Cc1ccc(S(=O)(=O)Nc2ccc(C(=O)N(CC3CC3)C3CC3)cc2)cc1[N+](=O)[O-]. The van der Waals surface area contributed by atoms with E-state index in [4.69, 9.17) is 0 Å². The van der Waals surface area contributed by atoms with Crippen LogP contribution in [-0.2, 0) is 10.0 Å². The summed E-state index contributed by atoms with van der Waals surface area (Å²) in [6, 6.07) is 10.4. The molecule has 0 aliphatic heterocycles. The second-order valence-corrected chi connectivity index (χ2v) is 9.70. The third-order valence-electron chi connectivity index (χ3n) is 5.47. The Kier molecular flexibility index (Phi) is 5.23. The van der Waals surface area contributed by atoms with E-state index in [1.165, 1.54) is 37.1 Å². The maximum Gasteiger partial charge on any atom is 0.273 e. The van der Waals surface area contributed by atoms with Crippen LogP contribution in [-0.4, -0.2) is 36.7 Å². The van der Waals surface area contributed by atoms with Gasteiger partial charge < -0.3 is 4.90 Å². The van der Waals surface area contributed by atoms with Crippen molar-refractivity contribution in [2.75, 3.05) is 11.3 Å². The Balaban J connectivity index is 1.49. The van der Waals surface area contributed by atoms with Crippen molar-refractivity contribution in [2.24, 2.45) is 5.92 Å². The summed E-state index contributed by atoms with van der Waals surface area (Å²) >= 11 is 0. The molecule has 0 unspecified atom stereocenters. The van der Waals surface area contributed by atoms with E-state index in [1.54, 1.807) is 19.1 Å². The minimum atomic E-state index is -4.00. The fraction of sp³-hybridized carbons (Fsp3) is 0.381. The molecule has 0 radical (unpaired) electrons. The Morgan fingerprint density at radius 3 is 2.37 bits per heavy atom. The molecule has 30 heavy (non-hydrogen) atoms. The summed E-state index contributed by atoms with van der Waals surface area (Å²) in [6.45, 7) is 2.34. The third-order valence-corrected chi connectivity index (χ3v) is 6.85. The van der Waals surface area contributed by atoms with Gasteiger partial charge in [-0.1, -0.05) is 6.07 Å². The second-order valence-electron chi connectivity index (χ2n) is 8.02. The van der Waals surface area contributed by atoms with Gasteiger partial charge in [0, 0.05) is 35.5 Å². The highest BCUT2D eigenvalue weighted by Gasteiger charge is 2.36. The first-order chi connectivity index (χ1) is 14.2. The molecule has 1 amide bonds. The van der Waals surface area contributed by atoms with E-state index in [-0.39, 0.29) is 22.2 Å². The van der Waals surface area contributed by atoms with Crippen molar-refractivity contribution >= 4 is 27.3 Å². The van der Waals surface area contributed by atoms with E-state index in [2.05, 4.69) is 4.72 Å². The smallest absolute Gasteiger partial charge is 0.273 e. The number of rotatable bonds is 8. The Bertz CT molecular complexity index is 1090. The summed E-state index contributed by atoms with van der Waals surface area (Å²) in [6.07, 6.45) is 4.43. The molecule has 4 rings (SSSR count). The second kappa shape index (κ2) is 7.71. The lowest BCUT2D eigenvalue weighted by atomic mass is 10.1. The van der Waals surface area contributed by atoms with Crippen LogP contribution in [0, 0.1) is 23.0 Å². The van der Waals surface area contributed by atoms with Gasteiger partial charge >= 0.3 is 0 Å². The van der Waals surface area contributed by atoms with E-state index in [1.807, 2.05) is 4.90 Å². The number of amides is 1. The van der Waals surface area contributed by atoms with Crippen LogP contribution in [0.3, 0.4) is 0 Å². The molecule has 2 aliphatic rings. The topological polar surface area (TPSA) is 110 Å². The third kappa shape index (κ3) is 4.46. The van der Waals surface area contributed by atoms with Crippen molar-refractivity contribution in [2.45, 2.75) is 43.5 Å². The average Bonchev–Trinajstić information content (AvgIpc) is 3.60. The zero-order chi connectivity index (χ0) is 21.5. The Labute approximate surface area is 175 Å². The molecule has 2 fully saturated rings. The number of aryl methyl sites for hydroxylation is 1. The number of benzene rings is 2. The fourth-order valence-corrected chi connectivity index (χ4v) is 4.45. The summed E-state index contributed by atoms with van der Waals surface area (Å²) < 4.78 is 27.7. The van der Waals surface area contributed by atoms with Gasteiger partial charge in [-0.2, -0.15) is 0 Å². The van der Waals surface area contributed by atoms with Gasteiger partial charge in [0.15, 0.2) is 0 Å². The van der Waals surface area contributed by atoms with Crippen molar-refractivity contribution in [1.29, 1.82) is 0 Å². The quantitative estimate of drug-likeness (QED) is 0.508. The number of sulfonamides is 1. The van der Waals surface area contributed by atoms with E-state index >= 15 is 0 Å². The van der Waals surface area contributed by atoms with Crippen LogP contribution < -0.4 is 4.72 Å². The average molecular weight is 429 g/mol. The Morgan fingerprint density at radius 2 is 1.80 bits per heavy atom. The standard InChI is InChI=1S/C21H23N3O5S/c1-14-2-11-19(12-20(14)24(26)27)30(28,29)22-17-7-5-16(6-8-17)21(25)23(18-9-10-18)13-15-3-4-15/h2,5-8,11-12,15,18,22H,3-4,9-10,13H2,1H3. The van der Waals surface area contributed by atoms with Gasteiger partial charge in [0.05, 0.1) is 9.82 Å². The normalized spacial score (nSPS) is 16.2. The minimum absolute atomic E-state index is 0.0204. The number of hydrogen-bond acceptors (Lipinski definition) is 5. The van der Waals surface area contributed by atoms with Gasteiger partial charge in [0.25, 0.3) is 21.6 Å². The first-order valence-electron chi connectivity index (χ1n) is 9.93. The number of nitro groups is 1. The minimum Gasteiger partial charge on any atom is -0.335 e. The maximum absolute atomic E-state index is 12.9. The molecular weight excluding hydrogens is 406 g/mol. The molecule has 0 spiro atoms. The Morgan fingerprint density at radius 1 is 1.13 bits per heavy atom. The fourth-order valence-electron chi connectivity index (χ4n) is 3.38. The molecule has 0 atom stereocenters. The van der Waals surface area contributed by atoms with Gasteiger partial charge in [-0.25, -0.2) is 8.42 Å². The zero-order valence-electron chi connectivity index (χ0n) is 16.6. The van der Waals surface area contributed by atoms with Crippen LogP contribution in [0.1, 0.15) is 41.6 Å². The molecule has 2 saturated carbocycles. The number of hydrogen-bond donors (Lipinski definition) is 1. The summed E-state index contributed by atoms with van der Waals surface area (Å²) in [7, 11) is -4.00. The van der Waals surface area contributed by atoms with Gasteiger partial charge in [0.1, 0.15) is 0 Å². The van der Waals surface area contributed by atoms with E-state index in [0.29, 0.717) is 23.1 Å². The summed E-state index contributed by atoms with van der Waals surface area (Å²) in [5, 5.41) is 11.1. The number of nitro benzene ring substituents is 1. The predicted molar refractivity (Wildman–Crippen MR) is 112 cm³/mol. The van der Waals surface area contributed by atoms with Gasteiger partial charge in [-0.15, -0.1) is 0 Å². The molecule has 2 aliphatic carbocycles. The molecule has 158 valence electrons. The lowest BCUT2D eigenvalue weighted by molar-refractivity contribution is -0.385. The molecule has 2 aromatic rings. The number of carbonyl (C=O) groups is 1. The molecule has 0 bridgehead atoms. The zero-order valence-corrected chi connectivity index (χ0v) is 17.4. The summed E-state index contributed by atoms with van der Waals surface area (Å²) in [4.78, 5) is 25.1. The molecule has 9 heteroatoms. The highest BCUT2D eigenvalue weighted by Crippen LogP contribution is 2.35. The van der Waals surface area contributed by atoms with Crippen molar-refractivity contribution in [3.05, 3.63) is 63.7 Å². The monoisotopic (exact) mass is 429 g/mol. The van der Waals surface area contributed by atoms with Crippen LogP contribution in [0.25, 0.3) is 0 Å². The highest BCUT2D eigenvalue weighted by atomic mass is 32.2. The number of nitrogens with zero attached hydrogens (tertiary/aromatic N) is 2. The predicted octanol–water partition coefficient (Wildman–Crippen LogP) is 3.72.